The average molecular weight is 518 g/mol. The maximum absolute atomic E-state index is 13.1. The van der Waals surface area contributed by atoms with E-state index in [0.717, 1.165) is 12.8 Å². The van der Waals surface area contributed by atoms with Gasteiger partial charge in [0.25, 0.3) is 5.91 Å². The van der Waals surface area contributed by atoms with Crippen molar-refractivity contribution in [3.63, 3.8) is 0 Å². The number of aliphatic hydroxyl groups excluding tert-OH is 2. The Morgan fingerprint density at radius 2 is 1.95 bits per heavy atom. The van der Waals surface area contributed by atoms with E-state index in [1.54, 1.807) is 24.5 Å². The van der Waals surface area contributed by atoms with E-state index in [9.17, 15) is 19.8 Å². The smallest absolute Gasteiger partial charge is 0.291 e. The minimum Gasteiger partial charge on any atom is -0.393 e. The molecule has 2 aliphatic rings. The number of pyridine rings is 1. The Hall–Kier alpha value is -4.23. The van der Waals surface area contributed by atoms with Crippen molar-refractivity contribution in [1.82, 2.24) is 39.7 Å². The Labute approximate surface area is 216 Å². The number of carbonyl (C=O) groups excluding carboxylic acids is 2. The summed E-state index contributed by atoms with van der Waals surface area (Å²) < 4.78 is 1.46. The first kappa shape index (κ1) is 24.1. The van der Waals surface area contributed by atoms with Crippen molar-refractivity contribution in [2.75, 3.05) is 12.3 Å². The molecular formula is C25H27N9O4. The van der Waals surface area contributed by atoms with Crippen molar-refractivity contribution in [1.29, 1.82) is 0 Å². The molecule has 2 aliphatic heterocycles. The highest BCUT2D eigenvalue weighted by Crippen LogP contribution is 2.45. The number of aromatic nitrogens is 7. The van der Waals surface area contributed by atoms with E-state index < -0.39 is 12.7 Å². The van der Waals surface area contributed by atoms with Gasteiger partial charge in [-0.25, -0.2) is 9.97 Å². The van der Waals surface area contributed by atoms with Gasteiger partial charge in [0.2, 0.25) is 5.82 Å². The normalized spacial score (nSPS) is 21.7. The predicted octanol–water partition coefficient (Wildman–Crippen LogP) is 1.27. The zero-order valence-corrected chi connectivity index (χ0v) is 20.7. The van der Waals surface area contributed by atoms with Gasteiger partial charge in [-0.1, -0.05) is 6.07 Å². The largest absolute Gasteiger partial charge is 0.393 e. The van der Waals surface area contributed by atoms with Gasteiger partial charge in [0.1, 0.15) is 18.2 Å². The first-order valence-corrected chi connectivity index (χ1v) is 12.5. The molecule has 13 nitrogen and oxygen atoms in total. The molecule has 5 N–H and O–H groups in total. The number of rotatable bonds is 6. The molecule has 0 radical (unpaired) electrons. The van der Waals surface area contributed by atoms with Gasteiger partial charge in [-0.2, -0.15) is 14.7 Å². The fourth-order valence-electron chi connectivity index (χ4n) is 5.91. The van der Waals surface area contributed by atoms with Crippen molar-refractivity contribution < 1.29 is 19.8 Å². The van der Waals surface area contributed by atoms with Gasteiger partial charge >= 0.3 is 0 Å². The molecule has 2 bridgehead atoms. The zero-order chi connectivity index (χ0) is 26.6. The van der Waals surface area contributed by atoms with Gasteiger partial charge in [0, 0.05) is 35.3 Å². The highest BCUT2D eigenvalue weighted by Gasteiger charge is 2.45. The maximum Gasteiger partial charge on any atom is 0.291 e. The van der Waals surface area contributed by atoms with Gasteiger partial charge in [-0.05, 0) is 38.7 Å². The number of hydrogen-bond donors (Lipinski definition) is 4. The lowest BCUT2D eigenvalue weighted by Gasteiger charge is -2.38. The predicted molar refractivity (Wildman–Crippen MR) is 134 cm³/mol. The lowest BCUT2D eigenvalue weighted by Crippen LogP contribution is -2.46. The molecule has 2 saturated heterocycles. The number of nitrogen functional groups attached to an aromatic ring is 1. The number of H-pyrrole nitrogens is 1. The van der Waals surface area contributed by atoms with Crippen LogP contribution in [0.5, 0.6) is 0 Å². The first-order valence-electron chi connectivity index (χ1n) is 12.5. The number of fused-ring (bicyclic) bond motifs is 3. The monoisotopic (exact) mass is 517 g/mol. The molecule has 3 atom stereocenters. The van der Waals surface area contributed by atoms with Gasteiger partial charge in [0.05, 0.1) is 29.8 Å². The Morgan fingerprint density at radius 3 is 2.55 bits per heavy atom. The van der Waals surface area contributed by atoms with Crippen LogP contribution in [-0.4, -0.2) is 80.3 Å². The summed E-state index contributed by atoms with van der Waals surface area (Å²) in [5, 5.41) is 29.9. The molecule has 6 rings (SSSR count). The average Bonchev–Trinajstić information content (AvgIpc) is 3.66. The molecule has 196 valence electrons. The summed E-state index contributed by atoms with van der Waals surface area (Å²) in [6.45, 7) is 1.04. The fourth-order valence-corrected chi connectivity index (χ4v) is 5.91. The zero-order valence-electron chi connectivity index (χ0n) is 20.7. The van der Waals surface area contributed by atoms with Gasteiger partial charge in [-0.3, -0.25) is 19.7 Å². The van der Waals surface area contributed by atoms with E-state index >= 15 is 0 Å². The lowest BCUT2D eigenvalue weighted by atomic mass is 9.85. The van der Waals surface area contributed by atoms with Crippen molar-refractivity contribution >= 4 is 23.2 Å². The maximum atomic E-state index is 13.1. The number of amides is 1. The number of piperidine rings is 1. The summed E-state index contributed by atoms with van der Waals surface area (Å²) in [6.07, 6.45) is 6.49. The molecule has 4 aromatic heterocycles. The summed E-state index contributed by atoms with van der Waals surface area (Å²) in [4.78, 5) is 41.0. The molecule has 0 saturated carbocycles. The molecule has 2 fully saturated rings. The van der Waals surface area contributed by atoms with E-state index in [1.165, 1.54) is 17.8 Å². The van der Waals surface area contributed by atoms with Gasteiger partial charge in [0.15, 0.2) is 11.4 Å². The molecular weight excluding hydrogens is 490 g/mol. The van der Waals surface area contributed by atoms with E-state index in [0.29, 0.717) is 46.6 Å². The number of hydrogen-bond acceptors (Lipinski definition) is 10. The van der Waals surface area contributed by atoms with E-state index in [-0.39, 0.29) is 41.3 Å². The topological polar surface area (TPSA) is 189 Å². The molecule has 6 heterocycles. The fraction of sp³-hybridized carbons (Fsp3) is 0.400. The van der Waals surface area contributed by atoms with Crippen LogP contribution in [0.3, 0.4) is 0 Å². The molecule has 0 aromatic carbocycles. The van der Waals surface area contributed by atoms with Crippen LogP contribution in [0.1, 0.15) is 77.0 Å². The Bertz CT molecular complexity index is 1500. The summed E-state index contributed by atoms with van der Waals surface area (Å²) in [5.74, 6) is 0.0181. The number of aromatic amines is 1. The van der Waals surface area contributed by atoms with Crippen LogP contribution >= 0.6 is 0 Å². The van der Waals surface area contributed by atoms with Crippen LogP contribution < -0.4 is 5.73 Å². The van der Waals surface area contributed by atoms with E-state index in [1.807, 2.05) is 4.90 Å². The Balaban J connectivity index is 1.38. The number of aliphatic hydroxyl groups is 2. The van der Waals surface area contributed by atoms with Crippen LogP contribution in [0.2, 0.25) is 0 Å². The van der Waals surface area contributed by atoms with Crippen LogP contribution in [0.15, 0.2) is 30.9 Å². The third kappa shape index (κ3) is 3.82. The minimum atomic E-state index is -1.07. The Kier molecular flexibility index (Phi) is 5.88. The molecule has 0 aliphatic carbocycles. The van der Waals surface area contributed by atoms with Crippen molar-refractivity contribution in [3.05, 3.63) is 53.6 Å². The summed E-state index contributed by atoms with van der Waals surface area (Å²) in [7, 11) is 0. The third-order valence-corrected chi connectivity index (χ3v) is 7.65. The number of Topliss-reactive ketones (excluding diaryl/α,β-unsaturated/α-hetero) is 1. The van der Waals surface area contributed by atoms with Crippen LogP contribution in [0.25, 0.3) is 16.8 Å². The van der Waals surface area contributed by atoms with Crippen LogP contribution in [0.4, 0.5) is 5.82 Å². The third-order valence-electron chi connectivity index (χ3n) is 7.65. The highest BCUT2D eigenvalue weighted by molar-refractivity contribution is 6.00. The quantitative estimate of drug-likeness (QED) is 0.271. The molecule has 4 aromatic rings. The number of nitrogens with zero attached hydrogens (tertiary/aromatic N) is 7. The summed E-state index contributed by atoms with van der Waals surface area (Å²) in [5.41, 5.74) is 9.69. The van der Waals surface area contributed by atoms with Crippen molar-refractivity contribution in [3.8, 4) is 11.1 Å². The molecule has 38 heavy (non-hydrogen) atoms. The number of ketones is 1. The van der Waals surface area contributed by atoms with Crippen molar-refractivity contribution in [2.24, 2.45) is 0 Å². The second kappa shape index (κ2) is 9.26. The molecule has 13 heteroatoms. The van der Waals surface area contributed by atoms with E-state index in [2.05, 4.69) is 25.3 Å². The Morgan fingerprint density at radius 1 is 1.18 bits per heavy atom. The summed E-state index contributed by atoms with van der Waals surface area (Å²) >= 11 is 0. The van der Waals surface area contributed by atoms with Crippen molar-refractivity contribution in [2.45, 2.75) is 56.7 Å². The number of nitrogens with one attached hydrogen (secondary N) is 1. The van der Waals surface area contributed by atoms with Crippen LogP contribution in [0, 0.1) is 0 Å². The van der Waals surface area contributed by atoms with E-state index in [4.69, 9.17) is 10.7 Å². The van der Waals surface area contributed by atoms with Gasteiger partial charge < -0.3 is 20.8 Å². The number of carbonyl (C=O) groups is 2. The minimum absolute atomic E-state index is 0.00510. The summed E-state index contributed by atoms with van der Waals surface area (Å²) in [6, 6.07) is 3.39. The highest BCUT2D eigenvalue weighted by atomic mass is 16.3. The SMILES string of the molecule is CC(=O)c1c(C2CC3CCC(C2)N3C(=O)c2ncn[nH]2)nc2c(-c3ccc(C(O)CO)nc3)cnn2c1N. The number of anilines is 1. The molecule has 0 spiro atoms. The second-order valence-electron chi connectivity index (χ2n) is 9.88. The molecule has 3 unspecified atom stereocenters. The van der Waals surface area contributed by atoms with Crippen LogP contribution in [-0.2, 0) is 0 Å². The standard InChI is InChI=1S/C25H27N9O4/c1-12(36)20-21(14-6-15-3-4-16(7-14)33(15)25(38)23-28-11-29-32-23)31-24-17(9-30-34(24)22(20)26)13-2-5-18(27-8-13)19(37)10-35/h2,5,8-9,11,14-16,19,35,37H,3-4,6-7,10,26H2,1H3,(H,28,29,32). The first-order chi connectivity index (χ1) is 18.4. The second-order valence-corrected chi connectivity index (χ2v) is 9.88. The molecule has 1 amide bonds. The van der Waals surface area contributed by atoms with Gasteiger partial charge in [-0.15, -0.1) is 0 Å². The number of nitrogens with two attached hydrogens (primary N) is 1. The lowest BCUT2D eigenvalue weighted by molar-refractivity contribution is 0.0556.